The Morgan fingerprint density at radius 2 is 2.05 bits per heavy atom. The Kier molecular flexibility index (Phi) is 4.02. The molecule has 0 spiro atoms. The molecule has 0 fully saturated rings. The molecule has 2 aromatic rings. The molecule has 100 valence electrons. The maximum Gasteiger partial charge on any atom is 0.127 e. The Hall–Kier alpha value is -2.07. The largest absolute Gasteiger partial charge is 0.508 e. The summed E-state index contributed by atoms with van der Waals surface area (Å²) in [5.74, 6) is 0.237. The summed E-state index contributed by atoms with van der Waals surface area (Å²) in [7, 11) is 0. The second-order valence-corrected chi connectivity index (χ2v) is 4.43. The first-order valence-electron chi connectivity index (χ1n) is 6.02. The van der Waals surface area contributed by atoms with Crippen LogP contribution in [-0.2, 0) is 6.61 Å². The van der Waals surface area contributed by atoms with Crippen LogP contribution in [0.4, 0.5) is 4.39 Å². The van der Waals surface area contributed by atoms with E-state index in [2.05, 4.69) is 0 Å². The van der Waals surface area contributed by atoms with Gasteiger partial charge in [-0.15, -0.1) is 0 Å². The fourth-order valence-corrected chi connectivity index (χ4v) is 1.82. The molecule has 19 heavy (non-hydrogen) atoms. The van der Waals surface area contributed by atoms with Gasteiger partial charge in [0.15, 0.2) is 0 Å². The first-order chi connectivity index (χ1) is 9.06. The Balaban J connectivity index is 2.17. The average molecular weight is 261 g/mol. The molecule has 0 aliphatic rings. The zero-order valence-electron chi connectivity index (χ0n) is 10.6. The highest BCUT2D eigenvalue weighted by Gasteiger charge is 2.09. The molecule has 3 N–H and O–H groups in total. The summed E-state index contributed by atoms with van der Waals surface area (Å²) in [6.45, 7) is 2.06. The summed E-state index contributed by atoms with van der Waals surface area (Å²) in [6, 6.07) is 10.8. The quantitative estimate of drug-likeness (QED) is 0.889. The van der Waals surface area contributed by atoms with Crippen LogP contribution >= 0.6 is 0 Å². The lowest BCUT2D eigenvalue weighted by Gasteiger charge is -2.14. The van der Waals surface area contributed by atoms with E-state index in [4.69, 9.17) is 10.5 Å². The first kappa shape index (κ1) is 13.4. The molecule has 0 radical (unpaired) electrons. The van der Waals surface area contributed by atoms with Crippen molar-refractivity contribution in [3.63, 3.8) is 0 Å². The minimum atomic E-state index is -0.365. The lowest BCUT2D eigenvalue weighted by molar-refractivity contribution is 0.299. The average Bonchev–Trinajstić information content (AvgIpc) is 2.36. The molecule has 4 heteroatoms. The molecule has 0 bridgehead atoms. The van der Waals surface area contributed by atoms with Crippen molar-refractivity contribution < 1.29 is 14.2 Å². The van der Waals surface area contributed by atoms with Crippen molar-refractivity contribution in [2.24, 2.45) is 5.73 Å². The number of halogens is 1. The van der Waals surface area contributed by atoms with Crippen molar-refractivity contribution in [3.05, 3.63) is 59.4 Å². The van der Waals surface area contributed by atoms with Crippen LogP contribution in [0.2, 0.25) is 0 Å². The molecule has 1 atom stereocenters. The standard InChI is InChI=1S/C15H16FNO2/c1-10(17)14-6-5-12(16)8-15(14)19-9-11-3-2-4-13(18)7-11/h2-8,10,18H,9,17H2,1H3/t10-/m0/s1. The van der Waals surface area contributed by atoms with E-state index in [0.717, 1.165) is 11.1 Å². The summed E-state index contributed by atoms with van der Waals surface area (Å²) < 4.78 is 18.8. The number of benzene rings is 2. The van der Waals surface area contributed by atoms with E-state index in [1.165, 1.54) is 12.1 Å². The normalized spacial score (nSPS) is 12.2. The maximum atomic E-state index is 13.2. The molecule has 0 aliphatic carbocycles. The molecule has 2 rings (SSSR count). The van der Waals surface area contributed by atoms with Crippen LogP contribution in [-0.4, -0.2) is 5.11 Å². The van der Waals surface area contributed by atoms with Crippen molar-refractivity contribution in [1.82, 2.24) is 0 Å². The van der Waals surface area contributed by atoms with Crippen molar-refractivity contribution in [3.8, 4) is 11.5 Å². The molecule has 0 aromatic heterocycles. The second kappa shape index (κ2) is 5.71. The van der Waals surface area contributed by atoms with Crippen molar-refractivity contribution in [2.75, 3.05) is 0 Å². The summed E-state index contributed by atoms with van der Waals surface area (Å²) in [5.41, 5.74) is 7.37. The second-order valence-electron chi connectivity index (χ2n) is 4.43. The fourth-order valence-electron chi connectivity index (χ4n) is 1.82. The van der Waals surface area contributed by atoms with E-state index in [1.807, 2.05) is 13.0 Å². The Bertz CT molecular complexity index is 570. The maximum absolute atomic E-state index is 13.2. The summed E-state index contributed by atoms with van der Waals surface area (Å²) in [6.07, 6.45) is 0. The van der Waals surface area contributed by atoms with Gasteiger partial charge in [0.1, 0.15) is 23.9 Å². The van der Waals surface area contributed by atoms with Gasteiger partial charge >= 0.3 is 0 Å². The zero-order valence-corrected chi connectivity index (χ0v) is 10.6. The van der Waals surface area contributed by atoms with Gasteiger partial charge in [0.25, 0.3) is 0 Å². The van der Waals surface area contributed by atoms with Crippen LogP contribution < -0.4 is 10.5 Å². The van der Waals surface area contributed by atoms with Crippen LogP contribution in [0.15, 0.2) is 42.5 Å². The fraction of sp³-hybridized carbons (Fsp3) is 0.200. The van der Waals surface area contributed by atoms with E-state index < -0.39 is 0 Å². The molecule has 0 saturated heterocycles. The molecule has 0 saturated carbocycles. The number of rotatable bonds is 4. The van der Waals surface area contributed by atoms with Gasteiger partial charge in [-0.3, -0.25) is 0 Å². The third-order valence-electron chi connectivity index (χ3n) is 2.77. The third-order valence-corrected chi connectivity index (χ3v) is 2.77. The lowest BCUT2D eigenvalue weighted by Crippen LogP contribution is -2.08. The topological polar surface area (TPSA) is 55.5 Å². The van der Waals surface area contributed by atoms with Crippen LogP contribution in [0.25, 0.3) is 0 Å². The van der Waals surface area contributed by atoms with Crippen LogP contribution in [0.1, 0.15) is 24.1 Å². The molecule has 0 aliphatic heterocycles. The minimum Gasteiger partial charge on any atom is -0.508 e. The van der Waals surface area contributed by atoms with Crippen molar-refractivity contribution in [2.45, 2.75) is 19.6 Å². The number of hydrogen-bond acceptors (Lipinski definition) is 3. The number of hydrogen-bond donors (Lipinski definition) is 2. The van der Waals surface area contributed by atoms with E-state index >= 15 is 0 Å². The predicted molar refractivity (Wildman–Crippen MR) is 71.4 cm³/mol. The summed E-state index contributed by atoms with van der Waals surface area (Å²) in [5, 5.41) is 9.36. The van der Waals surface area contributed by atoms with Crippen molar-refractivity contribution in [1.29, 1.82) is 0 Å². The van der Waals surface area contributed by atoms with Gasteiger partial charge in [0, 0.05) is 17.7 Å². The van der Waals surface area contributed by atoms with Gasteiger partial charge < -0.3 is 15.6 Å². The molecular weight excluding hydrogens is 245 g/mol. The van der Waals surface area contributed by atoms with E-state index in [0.29, 0.717) is 5.75 Å². The number of phenols is 1. The van der Waals surface area contributed by atoms with Gasteiger partial charge in [-0.1, -0.05) is 18.2 Å². The number of aromatic hydroxyl groups is 1. The molecule has 0 amide bonds. The monoisotopic (exact) mass is 261 g/mol. The highest BCUT2D eigenvalue weighted by molar-refractivity contribution is 5.36. The summed E-state index contributed by atoms with van der Waals surface area (Å²) >= 11 is 0. The number of ether oxygens (including phenoxy) is 1. The van der Waals surface area contributed by atoms with Crippen LogP contribution in [0.5, 0.6) is 11.5 Å². The van der Waals surface area contributed by atoms with Crippen molar-refractivity contribution >= 4 is 0 Å². The predicted octanol–water partition coefficient (Wildman–Crippen LogP) is 3.13. The molecule has 0 heterocycles. The zero-order chi connectivity index (χ0) is 13.8. The highest BCUT2D eigenvalue weighted by atomic mass is 19.1. The smallest absolute Gasteiger partial charge is 0.127 e. The van der Waals surface area contributed by atoms with E-state index in [1.54, 1.807) is 24.3 Å². The van der Waals surface area contributed by atoms with Gasteiger partial charge in [0.05, 0.1) is 0 Å². The lowest BCUT2D eigenvalue weighted by atomic mass is 10.1. The Morgan fingerprint density at radius 3 is 2.74 bits per heavy atom. The van der Waals surface area contributed by atoms with Gasteiger partial charge in [0.2, 0.25) is 0 Å². The SMILES string of the molecule is C[C@H](N)c1ccc(F)cc1OCc1cccc(O)c1. The van der Waals surface area contributed by atoms with Gasteiger partial charge in [-0.2, -0.15) is 0 Å². The Labute approximate surface area is 111 Å². The van der Waals surface area contributed by atoms with Crippen LogP contribution in [0, 0.1) is 5.82 Å². The minimum absolute atomic E-state index is 0.174. The number of nitrogens with two attached hydrogens (primary N) is 1. The van der Waals surface area contributed by atoms with Crippen LogP contribution in [0.3, 0.4) is 0 Å². The van der Waals surface area contributed by atoms with Gasteiger partial charge in [-0.25, -0.2) is 4.39 Å². The summed E-state index contributed by atoms with van der Waals surface area (Å²) in [4.78, 5) is 0. The highest BCUT2D eigenvalue weighted by Crippen LogP contribution is 2.26. The van der Waals surface area contributed by atoms with E-state index in [9.17, 15) is 9.50 Å². The third kappa shape index (κ3) is 3.45. The Morgan fingerprint density at radius 1 is 1.26 bits per heavy atom. The van der Waals surface area contributed by atoms with E-state index in [-0.39, 0.29) is 24.2 Å². The molecule has 2 aromatic carbocycles. The molecule has 3 nitrogen and oxygen atoms in total. The first-order valence-corrected chi connectivity index (χ1v) is 6.02. The van der Waals surface area contributed by atoms with Gasteiger partial charge in [-0.05, 0) is 30.7 Å². The molecule has 0 unspecified atom stereocenters. The number of phenolic OH excluding ortho intramolecular Hbond substituents is 1. The molecular formula is C15H16FNO2.